The van der Waals surface area contributed by atoms with Gasteiger partial charge in [0, 0.05) is 24.5 Å². The van der Waals surface area contributed by atoms with Gasteiger partial charge in [0.25, 0.3) is 0 Å². The number of aromatic hydroxyl groups is 1. The van der Waals surface area contributed by atoms with Crippen LogP contribution in [0.2, 0.25) is 0 Å². The molecule has 0 aliphatic carbocycles. The second-order valence-corrected chi connectivity index (χ2v) is 4.37. The zero-order chi connectivity index (χ0) is 13.0. The van der Waals surface area contributed by atoms with Crippen LogP contribution in [0.15, 0.2) is 18.3 Å². The van der Waals surface area contributed by atoms with Crippen molar-refractivity contribution >= 4 is 5.65 Å². The van der Waals surface area contributed by atoms with Crippen LogP contribution in [0.5, 0.6) is 5.88 Å². The van der Waals surface area contributed by atoms with Gasteiger partial charge >= 0.3 is 0 Å². The minimum Gasteiger partial charge on any atom is -0.493 e. The first-order valence-electron chi connectivity index (χ1n) is 6.23. The highest BCUT2D eigenvalue weighted by atomic mass is 16.3. The number of rotatable bonds is 5. The number of terminal acetylenes is 1. The molecule has 0 fully saturated rings. The van der Waals surface area contributed by atoms with Crippen molar-refractivity contribution < 1.29 is 5.11 Å². The molecule has 2 heterocycles. The highest BCUT2D eigenvalue weighted by Gasteiger charge is 2.14. The van der Waals surface area contributed by atoms with Gasteiger partial charge in [0.1, 0.15) is 0 Å². The van der Waals surface area contributed by atoms with Crippen molar-refractivity contribution in [3.05, 3.63) is 24.0 Å². The third-order valence-electron chi connectivity index (χ3n) is 3.05. The first-order chi connectivity index (χ1) is 8.76. The zero-order valence-corrected chi connectivity index (χ0v) is 10.5. The Morgan fingerprint density at radius 1 is 1.50 bits per heavy atom. The van der Waals surface area contributed by atoms with E-state index in [-0.39, 0.29) is 5.88 Å². The molecule has 0 amide bonds. The minimum absolute atomic E-state index is 0.127. The molecule has 0 aliphatic heterocycles. The molecule has 0 saturated carbocycles. The largest absolute Gasteiger partial charge is 0.493 e. The Labute approximate surface area is 107 Å². The Bertz CT molecular complexity index is 568. The van der Waals surface area contributed by atoms with Crippen LogP contribution >= 0.6 is 0 Å². The van der Waals surface area contributed by atoms with E-state index in [0.29, 0.717) is 11.6 Å². The van der Waals surface area contributed by atoms with E-state index in [1.165, 1.54) is 4.52 Å². The zero-order valence-electron chi connectivity index (χ0n) is 10.5. The maximum absolute atomic E-state index is 9.90. The normalized spacial score (nSPS) is 12.4. The lowest BCUT2D eigenvalue weighted by atomic mass is 9.94. The van der Waals surface area contributed by atoms with Gasteiger partial charge in [-0.05, 0) is 12.8 Å². The maximum Gasteiger partial charge on any atom is 0.215 e. The smallest absolute Gasteiger partial charge is 0.215 e. The highest BCUT2D eigenvalue weighted by molar-refractivity contribution is 5.41. The summed E-state index contributed by atoms with van der Waals surface area (Å²) in [5, 5.41) is 13.9. The lowest BCUT2D eigenvalue weighted by Crippen LogP contribution is -2.04. The number of hydrogen-bond acceptors (Lipinski definition) is 3. The molecule has 4 nitrogen and oxygen atoms in total. The van der Waals surface area contributed by atoms with Gasteiger partial charge in [0.2, 0.25) is 5.88 Å². The molecule has 1 unspecified atom stereocenters. The van der Waals surface area contributed by atoms with Crippen LogP contribution in [-0.2, 0) is 0 Å². The fourth-order valence-electron chi connectivity index (χ4n) is 2.17. The van der Waals surface area contributed by atoms with E-state index in [1.807, 2.05) is 0 Å². The summed E-state index contributed by atoms with van der Waals surface area (Å²) in [5.74, 6) is 3.09. The number of aromatic nitrogens is 3. The van der Waals surface area contributed by atoms with Crippen LogP contribution in [0.3, 0.4) is 0 Å². The molecule has 4 heteroatoms. The van der Waals surface area contributed by atoms with Gasteiger partial charge in [0.05, 0.1) is 11.9 Å². The molecule has 2 aromatic rings. The summed E-state index contributed by atoms with van der Waals surface area (Å²) in [6, 6.07) is 3.48. The van der Waals surface area contributed by atoms with Crippen molar-refractivity contribution in [3.8, 4) is 18.2 Å². The van der Waals surface area contributed by atoms with Gasteiger partial charge in [-0.25, -0.2) is 4.98 Å². The quantitative estimate of drug-likeness (QED) is 0.821. The summed E-state index contributed by atoms with van der Waals surface area (Å²) in [5.41, 5.74) is 1.57. The molecule has 94 valence electrons. The van der Waals surface area contributed by atoms with Crippen LogP contribution in [0.4, 0.5) is 0 Å². The van der Waals surface area contributed by atoms with Crippen molar-refractivity contribution in [2.45, 2.75) is 38.5 Å². The van der Waals surface area contributed by atoms with Gasteiger partial charge in [-0.15, -0.1) is 12.3 Å². The van der Waals surface area contributed by atoms with Crippen molar-refractivity contribution in [2.24, 2.45) is 0 Å². The molecule has 18 heavy (non-hydrogen) atoms. The molecule has 0 radical (unpaired) electrons. The highest BCUT2D eigenvalue weighted by Crippen LogP contribution is 2.27. The Kier molecular flexibility index (Phi) is 3.83. The fourth-order valence-corrected chi connectivity index (χ4v) is 2.17. The van der Waals surface area contributed by atoms with Crippen LogP contribution in [-0.4, -0.2) is 19.7 Å². The monoisotopic (exact) mass is 243 g/mol. The van der Waals surface area contributed by atoms with E-state index in [9.17, 15) is 5.11 Å². The van der Waals surface area contributed by atoms with E-state index >= 15 is 0 Å². The second-order valence-electron chi connectivity index (χ2n) is 4.37. The Morgan fingerprint density at radius 3 is 3.06 bits per heavy atom. The van der Waals surface area contributed by atoms with Crippen molar-refractivity contribution in [3.63, 3.8) is 0 Å². The van der Waals surface area contributed by atoms with Gasteiger partial charge < -0.3 is 5.11 Å². The van der Waals surface area contributed by atoms with E-state index < -0.39 is 0 Å². The number of fused-ring (bicyclic) bond motifs is 1. The maximum atomic E-state index is 9.90. The summed E-state index contributed by atoms with van der Waals surface area (Å²) >= 11 is 0. The van der Waals surface area contributed by atoms with Gasteiger partial charge in [-0.1, -0.05) is 13.3 Å². The first-order valence-corrected chi connectivity index (χ1v) is 6.23. The molecule has 0 bridgehead atoms. The van der Waals surface area contributed by atoms with Gasteiger partial charge in [-0.2, -0.15) is 9.61 Å². The Hall–Kier alpha value is -2.02. The molecule has 0 saturated heterocycles. The molecular formula is C14H17N3O. The predicted octanol–water partition coefficient (Wildman–Crippen LogP) is 2.73. The summed E-state index contributed by atoms with van der Waals surface area (Å²) in [7, 11) is 0. The van der Waals surface area contributed by atoms with Crippen molar-refractivity contribution in [1.82, 2.24) is 14.6 Å². The van der Waals surface area contributed by atoms with Crippen LogP contribution in [0, 0.1) is 12.3 Å². The average Bonchev–Trinajstić information content (AvgIpc) is 2.83. The SMILES string of the molecule is C#CCCC(CCC)c1cc(O)n2nccc2n1. The second kappa shape index (κ2) is 5.54. The number of hydrogen-bond donors (Lipinski definition) is 1. The van der Waals surface area contributed by atoms with E-state index in [1.54, 1.807) is 18.3 Å². The van der Waals surface area contributed by atoms with Crippen molar-refractivity contribution in [1.29, 1.82) is 0 Å². The van der Waals surface area contributed by atoms with Crippen LogP contribution in [0.1, 0.15) is 44.2 Å². The lowest BCUT2D eigenvalue weighted by molar-refractivity contribution is 0.431. The standard InChI is InChI=1S/C14H17N3O/c1-3-5-7-11(6-4-2)12-10-14(18)17-13(16-12)8-9-15-17/h1,8-11,18H,4-7H2,2H3. The molecule has 1 N–H and O–H groups in total. The number of nitrogens with zero attached hydrogens (tertiary/aromatic N) is 3. The summed E-state index contributed by atoms with van der Waals surface area (Å²) in [4.78, 5) is 4.54. The van der Waals surface area contributed by atoms with Crippen LogP contribution < -0.4 is 0 Å². The molecule has 0 aliphatic rings. The molecule has 0 aromatic carbocycles. The van der Waals surface area contributed by atoms with E-state index in [2.05, 4.69) is 22.9 Å². The first kappa shape index (κ1) is 12.4. The molecule has 2 aromatic heterocycles. The third-order valence-corrected chi connectivity index (χ3v) is 3.05. The molecule has 2 rings (SSSR count). The minimum atomic E-state index is 0.127. The van der Waals surface area contributed by atoms with E-state index in [4.69, 9.17) is 6.42 Å². The Balaban J connectivity index is 2.34. The molecular weight excluding hydrogens is 226 g/mol. The third kappa shape index (κ3) is 2.45. The van der Waals surface area contributed by atoms with Gasteiger partial charge in [-0.3, -0.25) is 0 Å². The Morgan fingerprint density at radius 2 is 2.33 bits per heavy atom. The molecule has 1 atom stereocenters. The van der Waals surface area contributed by atoms with Gasteiger partial charge in [0.15, 0.2) is 5.65 Å². The summed E-state index contributed by atoms with van der Waals surface area (Å²) in [6.45, 7) is 2.14. The lowest BCUT2D eigenvalue weighted by Gasteiger charge is -2.14. The van der Waals surface area contributed by atoms with Crippen molar-refractivity contribution in [2.75, 3.05) is 0 Å². The van der Waals surface area contributed by atoms with E-state index in [0.717, 1.165) is 31.4 Å². The molecule has 0 spiro atoms. The summed E-state index contributed by atoms with van der Waals surface area (Å²) in [6.07, 6.45) is 10.7. The predicted molar refractivity (Wildman–Crippen MR) is 70.4 cm³/mol. The average molecular weight is 243 g/mol. The topological polar surface area (TPSA) is 50.4 Å². The fraction of sp³-hybridized carbons (Fsp3) is 0.429. The van der Waals surface area contributed by atoms with Crippen LogP contribution in [0.25, 0.3) is 5.65 Å². The summed E-state index contributed by atoms with van der Waals surface area (Å²) < 4.78 is 1.42.